The van der Waals surface area contributed by atoms with Gasteiger partial charge in [-0.05, 0) is 36.7 Å². The molecule has 2 aliphatic heterocycles. The number of esters is 3. The van der Waals surface area contributed by atoms with Crippen molar-refractivity contribution in [3.05, 3.63) is 0 Å². The number of Topliss-reactive ketones (excluding diaryl/α,β-unsaturated/α-hetero) is 4. The van der Waals surface area contributed by atoms with Crippen LogP contribution in [0.25, 0.3) is 0 Å². The third-order valence-electron chi connectivity index (χ3n) is 7.20. The third-order valence-corrected chi connectivity index (χ3v) is 8.17. The minimum absolute atomic E-state index is 0.523. The molecule has 0 radical (unpaired) electrons. The molecule has 0 spiro atoms. The van der Waals surface area contributed by atoms with E-state index >= 15 is 0 Å². The zero-order chi connectivity index (χ0) is 34.4. The summed E-state index contributed by atoms with van der Waals surface area (Å²) < 4.78 is 28.0. The van der Waals surface area contributed by atoms with Gasteiger partial charge in [0.15, 0.2) is 46.6 Å². The fourth-order valence-electron chi connectivity index (χ4n) is 5.46. The molecule has 19 heteroatoms. The van der Waals surface area contributed by atoms with Crippen LogP contribution in [0.3, 0.4) is 0 Å². The second-order valence-corrected chi connectivity index (χ2v) is 11.5. The van der Waals surface area contributed by atoms with Crippen molar-refractivity contribution in [1.82, 2.24) is 0 Å². The molecule has 44 heavy (non-hydrogen) atoms. The van der Waals surface area contributed by atoms with E-state index < -0.39 is 106 Å². The lowest BCUT2D eigenvalue weighted by molar-refractivity contribution is -0.433. The summed E-state index contributed by atoms with van der Waals surface area (Å²) in [7, 11) is 0. The molecule has 0 aromatic rings. The number of hydrogen-bond acceptors (Lipinski definition) is 18. The number of rotatable bonds is 10. The Hall–Kier alpha value is -2.75. The summed E-state index contributed by atoms with van der Waals surface area (Å²) in [5.74, 6) is -13.7. The Labute approximate surface area is 257 Å². The van der Waals surface area contributed by atoms with E-state index in [4.69, 9.17) is 28.4 Å². The van der Waals surface area contributed by atoms with Crippen LogP contribution < -0.4 is 0 Å². The maximum absolute atomic E-state index is 13.6. The van der Waals surface area contributed by atoms with Crippen molar-refractivity contribution in [2.75, 3.05) is 6.61 Å². The molecule has 0 aromatic carbocycles. The molecule has 0 aromatic heterocycles. The van der Waals surface area contributed by atoms with Gasteiger partial charge in [-0.15, -0.1) is 0 Å². The number of hydrogen-bond donors (Lipinski definition) is 5. The normalized spacial score (nSPS) is 40.3. The van der Waals surface area contributed by atoms with Gasteiger partial charge in [0.1, 0.15) is 6.10 Å². The third kappa shape index (κ3) is 5.28. The van der Waals surface area contributed by atoms with Crippen LogP contribution in [0, 0.1) is 0 Å². The van der Waals surface area contributed by atoms with Crippen molar-refractivity contribution in [3.8, 4) is 0 Å². The van der Waals surface area contributed by atoms with Crippen LogP contribution in [0.5, 0.6) is 0 Å². The average Bonchev–Trinajstić information content (AvgIpc) is 2.88. The lowest BCUT2D eigenvalue weighted by Gasteiger charge is -2.64. The SMILES string of the molecule is CC(=O)O[C@H]1[C@@H](O)[C@H](O[C@]2(C(C)=O)[C@](O)(C(C)=O)[C@@](O)(C(C)=O)[C@](OC(C)=O)(C(C)=O)O[C@@]2(Br)CO)O[C@H](O)[C@H]1OC(C)=O. The van der Waals surface area contributed by atoms with E-state index in [9.17, 15) is 59.1 Å². The quantitative estimate of drug-likeness (QED) is 0.0853. The van der Waals surface area contributed by atoms with Gasteiger partial charge in [-0.3, -0.25) is 33.6 Å². The molecule has 248 valence electrons. The molecule has 0 unspecified atom stereocenters. The van der Waals surface area contributed by atoms with E-state index in [-0.39, 0.29) is 0 Å². The second kappa shape index (κ2) is 12.6. The summed E-state index contributed by atoms with van der Waals surface area (Å²) in [6.45, 7) is 3.16. The van der Waals surface area contributed by atoms with Crippen LogP contribution in [0.15, 0.2) is 0 Å². The molecule has 2 saturated heterocycles. The standard InChI is InChI=1S/C25H33BrO18/c1-9(28)22(37)23(38,10(2)29)25(12(4)31,42-15(7)34)44-21(26,8-27)24(22,11(3)30)43-20-16(35)17(39-13(5)32)18(19(36)41-20)40-14(6)33/h16-20,27,35-38H,8H2,1-7H3/t16-,17+,18+,19+,20+,21+,22+,23+,24+,25+/m1/s1. The largest absolute Gasteiger partial charge is 0.455 e. The predicted molar refractivity (Wildman–Crippen MR) is 139 cm³/mol. The molecular weight excluding hydrogens is 668 g/mol. The van der Waals surface area contributed by atoms with E-state index in [2.05, 4.69) is 15.9 Å². The molecule has 0 bridgehead atoms. The molecule has 2 aliphatic rings. The first-order chi connectivity index (χ1) is 20.0. The molecular formula is C25H33BrO18. The Morgan fingerprint density at radius 1 is 0.727 bits per heavy atom. The first kappa shape index (κ1) is 37.4. The maximum atomic E-state index is 13.6. The minimum atomic E-state index is -4.08. The van der Waals surface area contributed by atoms with Crippen LogP contribution >= 0.6 is 15.9 Å². The number of carbonyl (C=O) groups excluding carboxylic acids is 7. The maximum Gasteiger partial charge on any atom is 0.314 e. The molecule has 0 amide bonds. The molecule has 2 heterocycles. The summed E-state index contributed by atoms with van der Waals surface area (Å²) in [6, 6.07) is 0. The van der Waals surface area contributed by atoms with Crippen molar-refractivity contribution in [2.45, 2.75) is 106 Å². The Morgan fingerprint density at radius 2 is 1.20 bits per heavy atom. The monoisotopic (exact) mass is 700 g/mol. The highest BCUT2D eigenvalue weighted by Crippen LogP contribution is 2.60. The van der Waals surface area contributed by atoms with Crippen molar-refractivity contribution in [2.24, 2.45) is 0 Å². The summed E-state index contributed by atoms with van der Waals surface area (Å²) in [6.07, 6.45) is -11.1. The summed E-state index contributed by atoms with van der Waals surface area (Å²) in [5.41, 5.74) is -11.8. The number of carbonyl (C=O) groups is 7. The summed E-state index contributed by atoms with van der Waals surface area (Å²) in [5, 5.41) is 56.5. The van der Waals surface area contributed by atoms with Crippen LogP contribution in [0.2, 0.25) is 0 Å². The van der Waals surface area contributed by atoms with Gasteiger partial charge in [-0.1, -0.05) is 0 Å². The van der Waals surface area contributed by atoms with Crippen LogP contribution in [-0.2, 0) is 62.0 Å². The Balaban J connectivity index is 3.04. The molecule has 0 aliphatic carbocycles. The predicted octanol–water partition coefficient (Wildman–Crippen LogP) is -3.17. The Kier molecular flexibility index (Phi) is 10.7. The zero-order valence-corrected chi connectivity index (χ0v) is 26.1. The molecule has 10 atom stereocenters. The van der Waals surface area contributed by atoms with Crippen molar-refractivity contribution in [1.29, 1.82) is 0 Å². The number of aliphatic hydroxyl groups excluding tert-OH is 3. The number of halogens is 1. The van der Waals surface area contributed by atoms with Gasteiger partial charge in [0.05, 0.1) is 6.61 Å². The fraction of sp³-hybridized carbons (Fsp3) is 0.720. The smallest absolute Gasteiger partial charge is 0.314 e. The first-order valence-corrected chi connectivity index (χ1v) is 13.5. The van der Waals surface area contributed by atoms with Gasteiger partial charge in [0.25, 0.3) is 0 Å². The Bertz CT molecular complexity index is 1250. The van der Waals surface area contributed by atoms with E-state index in [1.165, 1.54) is 0 Å². The Morgan fingerprint density at radius 3 is 1.57 bits per heavy atom. The average molecular weight is 701 g/mol. The van der Waals surface area contributed by atoms with Crippen LogP contribution in [-0.4, -0.2) is 131 Å². The number of aliphatic hydroxyl groups is 5. The molecule has 0 saturated carbocycles. The molecule has 2 fully saturated rings. The van der Waals surface area contributed by atoms with Crippen molar-refractivity contribution < 1.29 is 87.5 Å². The number of ketones is 4. The van der Waals surface area contributed by atoms with Crippen molar-refractivity contribution in [3.63, 3.8) is 0 Å². The molecule has 5 N–H and O–H groups in total. The van der Waals surface area contributed by atoms with E-state index in [1.54, 1.807) is 0 Å². The van der Waals surface area contributed by atoms with Gasteiger partial charge < -0.3 is 54.0 Å². The van der Waals surface area contributed by atoms with Gasteiger partial charge in [0, 0.05) is 27.7 Å². The zero-order valence-electron chi connectivity index (χ0n) is 24.5. The topological polar surface area (TPSA) is 276 Å². The first-order valence-electron chi connectivity index (χ1n) is 12.7. The molecule has 2 rings (SSSR count). The van der Waals surface area contributed by atoms with Crippen LogP contribution in [0.4, 0.5) is 0 Å². The van der Waals surface area contributed by atoms with Gasteiger partial charge in [0.2, 0.25) is 22.6 Å². The van der Waals surface area contributed by atoms with E-state index in [1.807, 2.05) is 0 Å². The highest BCUT2D eigenvalue weighted by atomic mass is 79.9. The summed E-state index contributed by atoms with van der Waals surface area (Å²) in [4.78, 5) is 89.0. The van der Waals surface area contributed by atoms with Crippen LogP contribution in [0.1, 0.15) is 48.5 Å². The molecule has 18 nitrogen and oxygen atoms in total. The lowest BCUT2D eigenvalue weighted by atomic mass is 9.57. The highest BCUT2D eigenvalue weighted by Gasteiger charge is 2.90. The number of alkyl halides is 1. The van der Waals surface area contributed by atoms with Gasteiger partial charge in [-0.2, -0.15) is 0 Å². The summed E-state index contributed by atoms with van der Waals surface area (Å²) >= 11 is 2.81. The second-order valence-electron chi connectivity index (χ2n) is 10.2. The minimum Gasteiger partial charge on any atom is -0.455 e. The van der Waals surface area contributed by atoms with Gasteiger partial charge in [-0.25, -0.2) is 0 Å². The van der Waals surface area contributed by atoms with E-state index in [0.717, 1.165) is 13.8 Å². The van der Waals surface area contributed by atoms with E-state index in [0.29, 0.717) is 34.6 Å². The fourth-order valence-corrected chi connectivity index (χ4v) is 6.35. The van der Waals surface area contributed by atoms with Crippen molar-refractivity contribution >= 4 is 57.0 Å². The van der Waals surface area contributed by atoms with Gasteiger partial charge >= 0.3 is 23.7 Å². The highest BCUT2D eigenvalue weighted by molar-refractivity contribution is 9.10. The number of ether oxygens (including phenoxy) is 6. The lowest BCUT2D eigenvalue weighted by Crippen LogP contribution is -2.94.